The van der Waals surface area contributed by atoms with E-state index in [1.54, 1.807) is 27.8 Å². The van der Waals surface area contributed by atoms with E-state index in [0.717, 1.165) is 50.8 Å². The molecule has 0 bridgehead atoms. The number of phenols is 1. The van der Waals surface area contributed by atoms with Crippen LogP contribution in [0.1, 0.15) is 152 Å². The second-order valence-electron chi connectivity index (χ2n) is 18.8. The Morgan fingerprint density at radius 3 is 1.62 bits per heavy atom. The second kappa shape index (κ2) is 29.8. The molecule has 4 aromatic rings. The van der Waals surface area contributed by atoms with Gasteiger partial charge in [0.15, 0.2) is 11.5 Å². The summed E-state index contributed by atoms with van der Waals surface area (Å²) in [7, 11) is -12.3. The summed E-state index contributed by atoms with van der Waals surface area (Å²) < 4.78 is 96.7. The molecular weight excluding hydrogens is 1000 g/mol. The van der Waals surface area contributed by atoms with E-state index in [1.807, 2.05) is 0 Å². The van der Waals surface area contributed by atoms with Gasteiger partial charge in [0.2, 0.25) is 21.8 Å². The number of Topliss-reactive ketones (excluding diaryl/α,β-unsaturated/α-hetero) is 1. The number of fused-ring (bicyclic) bond motifs is 1. The van der Waals surface area contributed by atoms with Gasteiger partial charge < -0.3 is 18.6 Å². The third-order valence-electron chi connectivity index (χ3n) is 11.9. The van der Waals surface area contributed by atoms with Crippen LogP contribution in [0.5, 0.6) is 5.75 Å². The first kappa shape index (κ1) is 65.0. The van der Waals surface area contributed by atoms with E-state index in [4.69, 9.17) is 0 Å². The Labute approximate surface area is 473 Å². The van der Waals surface area contributed by atoms with Crippen LogP contribution in [-0.4, -0.2) is 75.0 Å². The van der Waals surface area contributed by atoms with E-state index >= 15 is 0 Å². The first-order chi connectivity index (χ1) is 32.9. The van der Waals surface area contributed by atoms with Crippen molar-refractivity contribution in [3.63, 3.8) is 0 Å². The van der Waals surface area contributed by atoms with Crippen molar-refractivity contribution >= 4 is 81.4 Å². The molecule has 72 heavy (non-hydrogen) atoms. The molecule has 0 fully saturated rings. The van der Waals surface area contributed by atoms with Gasteiger partial charge in [0.25, 0.3) is 20.2 Å². The first-order valence-corrected chi connectivity index (χ1v) is 28.2. The first-order valence-electron chi connectivity index (χ1n) is 23.9. The molecule has 1 atom stereocenters. The van der Waals surface area contributed by atoms with Gasteiger partial charge in [0, 0.05) is 37.0 Å². The van der Waals surface area contributed by atoms with Crippen LogP contribution < -0.4 is 69.7 Å². The molecule has 4 aromatic carbocycles. The van der Waals surface area contributed by atoms with Crippen molar-refractivity contribution in [1.82, 2.24) is 4.31 Å². The summed E-state index contributed by atoms with van der Waals surface area (Å²) in [4.78, 5) is 37.9. The second-order valence-corrected chi connectivity index (χ2v) is 23.6. The largest absolute Gasteiger partial charge is 1.00 e. The van der Waals surface area contributed by atoms with Crippen LogP contribution in [0.4, 0.5) is 22.7 Å². The van der Waals surface area contributed by atoms with Crippen LogP contribution in [0, 0.1) is 5.41 Å². The van der Waals surface area contributed by atoms with Crippen LogP contribution in [-0.2, 0) is 44.6 Å². The maximum absolute atomic E-state index is 13.9. The standard InChI is InChI=1S/C50H69N5O12S3.2Na.2H/c1-7-8-9-10-11-12-13-14-15-16-17-18-19-20-21-22-31-55(6)68(60,61)40-29-27-38(28-30-40)52-49(59)45(48(58)50(3,4)5)36-23-25-39(26-24-36)53-54-46-43(70(65,66)67)33-37-32-41(69(62,63)64)34-42(51-35(2)56)44(37)47(46)57;;;;/h23-30,32-34,45,57H,7-22,31H2,1-6H3,(H,51,56)(H,52,59)(H,62,63,64)(H,65,66,67);;;;/q;2*+1;2*-1. The number of rotatable bonds is 28. The number of sulfonamides is 1. The van der Waals surface area contributed by atoms with Gasteiger partial charge in [0.05, 0.1) is 21.2 Å². The molecule has 0 saturated heterocycles. The number of carbonyl (C=O) groups excluding carboxylic acids is 3. The van der Waals surface area contributed by atoms with Gasteiger partial charge in [0.1, 0.15) is 16.5 Å². The van der Waals surface area contributed by atoms with Crippen molar-refractivity contribution in [3.8, 4) is 5.75 Å². The fraction of sp³-hybridized carbons (Fsp3) is 0.500. The zero-order valence-corrected chi connectivity index (χ0v) is 49.5. The maximum atomic E-state index is 13.9. The normalized spacial score (nSPS) is 12.6. The molecular formula is C50H71N5Na2O12S3. The zero-order chi connectivity index (χ0) is 51.9. The number of azo groups is 1. The molecule has 0 aliphatic rings. The molecule has 0 aromatic heterocycles. The molecule has 0 heterocycles. The van der Waals surface area contributed by atoms with Gasteiger partial charge in [-0.3, -0.25) is 23.5 Å². The van der Waals surface area contributed by atoms with Crippen molar-refractivity contribution in [2.45, 2.75) is 158 Å². The van der Waals surface area contributed by atoms with E-state index in [9.17, 15) is 53.8 Å². The topological polar surface area (TPSA) is 266 Å². The number of amides is 2. The van der Waals surface area contributed by atoms with E-state index < -0.39 is 80.4 Å². The molecule has 0 spiro atoms. The number of benzene rings is 4. The number of ketones is 1. The molecule has 17 nitrogen and oxygen atoms in total. The van der Waals surface area contributed by atoms with Crippen molar-refractivity contribution in [1.29, 1.82) is 0 Å². The average Bonchev–Trinajstić information content (AvgIpc) is 3.27. The molecule has 388 valence electrons. The number of aromatic hydroxyl groups is 1. The van der Waals surface area contributed by atoms with Crippen molar-refractivity contribution in [3.05, 3.63) is 72.3 Å². The Morgan fingerprint density at radius 2 is 1.17 bits per heavy atom. The Bertz CT molecular complexity index is 2840. The molecule has 5 N–H and O–H groups in total. The summed E-state index contributed by atoms with van der Waals surface area (Å²) in [6.07, 6.45) is 19.6. The number of phenolic OH excluding ortho intramolecular Hbond substituents is 1. The monoisotopic (exact) mass is 1080 g/mol. The van der Waals surface area contributed by atoms with Crippen molar-refractivity contribution in [2.75, 3.05) is 24.2 Å². The molecule has 0 aliphatic carbocycles. The molecule has 0 saturated carbocycles. The van der Waals surface area contributed by atoms with Crippen LogP contribution >= 0.6 is 0 Å². The minimum Gasteiger partial charge on any atom is -1.00 e. The fourth-order valence-electron chi connectivity index (χ4n) is 7.99. The van der Waals surface area contributed by atoms with Gasteiger partial charge in [-0.05, 0) is 72.0 Å². The maximum Gasteiger partial charge on any atom is 1.00 e. The van der Waals surface area contributed by atoms with Gasteiger partial charge in [-0.25, -0.2) is 12.7 Å². The van der Waals surface area contributed by atoms with E-state index in [1.165, 1.54) is 130 Å². The zero-order valence-electron chi connectivity index (χ0n) is 45.0. The van der Waals surface area contributed by atoms with E-state index in [0.29, 0.717) is 6.54 Å². The molecule has 1 unspecified atom stereocenters. The summed E-state index contributed by atoms with van der Waals surface area (Å²) in [5, 5.41) is 23.6. The number of nitrogens with zero attached hydrogens (tertiary/aromatic N) is 3. The van der Waals surface area contributed by atoms with E-state index in [-0.39, 0.29) is 100 Å². The number of carbonyl (C=O) groups is 3. The SMILES string of the molecule is CCCCCCCCCCCCCCCCCCN(C)S(=O)(=O)c1ccc(NC(=O)C(C(=O)C(C)(C)C)c2ccc(N=Nc3c(S(=O)(=O)O)cc4cc(S(=O)(=O)O)cc(NC(C)=O)c4c3O)cc2)cc1.[H-].[H-].[Na+].[Na+]. The molecule has 4 rings (SSSR count). The number of hydrogen-bond donors (Lipinski definition) is 5. The van der Waals surface area contributed by atoms with Gasteiger partial charge >= 0.3 is 59.1 Å². The van der Waals surface area contributed by atoms with Gasteiger partial charge in [-0.2, -0.15) is 21.9 Å². The third-order valence-corrected chi connectivity index (χ3v) is 15.5. The minimum atomic E-state index is -5.17. The van der Waals surface area contributed by atoms with Gasteiger partial charge in [-0.1, -0.05) is 136 Å². The number of hydrogen-bond acceptors (Lipinski definition) is 12. The van der Waals surface area contributed by atoms with Crippen LogP contribution in [0.2, 0.25) is 0 Å². The quantitative estimate of drug-likeness (QED) is 0.0147. The molecule has 2 amide bonds. The van der Waals surface area contributed by atoms with Crippen LogP contribution in [0.15, 0.2) is 91.6 Å². The summed E-state index contributed by atoms with van der Waals surface area (Å²) in [6.45, 7) is 8.65. The average molecular weight is 1080 g/mol. The predicted molar refractivity (Wildman–Crippen MR) is 274 cm³/mol. The summed E-state index contributed by atoms with van der Waals surface area (Å²) >= 11 is 0. The summed E-state index contributed by atoms with van der Waals surface area (Å²) in [5.74, 6) is -4.13. The molecule has 0 aliphatic heterocycles. The van der Waals surface area contributed by atoms with Crippen molar-refractivity contribution < 1.29 is 116 Å². The van der Waals surface area contributed by atoms with Crippen LogP contribution in [0.3, 0.4) is 0 Å². The van der Waals surface area contributed by atoms with E-state index in [2.05, 4.69) is 27.8 Å². The number of nitrogens with one attached hydrogen (secondary N) is 2. The Balaban J connectivity index is 0.0000133. The van der Waals surface area contributed by atoms with Crippen molar-refractivity contribution in [2.24, 2.45) is 15.6 Å². The predicted octanol–water partition coefficient (Wildman–Crippen LogP) is 5.87. The third kappa shape index (κ3) is 19.5. The Kier molecular flexibility index (Phi) is 26.9. The van der Waals surface area contributed by atoms with Gasteiger partial charge in [-0.15, -0.1) is 5.11 Å². The summed E-state index contributed by atoms with van der Waals surface area (Å²) in [5.41, 5.74) is -1.59. The van der Waals surface area contributed by atoms with Crippen LogP contribution in [0.25, 0.3) is 10.8 Å². The smallest absolute Gasteiger partial charge is 1.00 e. The fourth-order valence-corrected chi connectivity index (χ4v) is 10.4. The minimum absolute atomic E-state index is 0. The number of anilines is 2. The molecule has 0 radical (unpaired) electrons. The summed E-state index contributed by atoms with van der Waals surface area (Å²) in [6, 6.07) is 13.7. The number of unbranched alkanes of at least 4 members (excludes halogenated alkanes) is 15. The Morgan fingerprint density at radius 1 is 0.667 bits per heavy atom. The Hall–Kier alpha value is -3.12. The molecule has 22 heteroatoms.